The molecule has 1 fully saturated rings. The number of hydrogen-bond donors (Lipinski definition) is 1. The van der Waals surface area contributed by atoms with Crippen LogP contribution in [-0.4, -0.2) is 27.3 Å². The maximum absolute atomic E-state index is 13.0. The van der Waals surface area contributed by atoms with Crippen LogP contribution in [0.1, 0.15) is 37.4 Å². The van der Waals surface area contributed by atoms with Gasteiger partial charge in [-0.15, -0.1) is 0 Å². The van der Waals surface area contributed by atoms with Gasteiger partial charge in [0.1, 0.15) is 11.3 Å². The first kappa shape index (κ1) is 17.9. The van der Waals surface area contributed by atoms with Crippen molar-refractivity contribution in [2.75, 3.05) is 0 Å². The Morgan fingerprint density at radius 3 is 2.79 bits per heavy atom. The van der Waals surface area contributed by atoms with Crippen molar-refractivity contribution >= 4 is 32.1 Å². The van der Waals surface area contributed by atoms with Gasteiger partial charge >= 0.3 is 0 Å². The average Bonchev–Trinajstić information content (AvgIpc) is 3.38. The van der Waals surface area contributed by atoms with E-state index in [9.17, 15) is 13.7 Å². The molecule has 1 aliphatic rings. The number of H-pyrrole nitrogens is 1. The van der Waals surface area contributed by atoms with Crippen LogP contribution in [0.25, 0.3) is 22.1 Å². The Balaban J connectivity index is 1.60. The average molecular weight is 405 g/mol. The molecule has 0 saturated heterocycles. The monoisotopic (exact) mass is 405 g/mol. The van der Waals surface area contributed by atoms with Gasteiger partial charge in [0.15, 0.2) is 5.65 Å². The fourth-order valence-electron chi connectivity index (χ4n) is 4.20. The third kappa shape index (κ3) is 2.89. The number of benzene rings is 1. The summed E-state index contributed by atoms with van der Waals surface area (Å²) in [7, 11) is -3.74. The Morgan fingerprint density at radius 2 is 2.00 bits per heavy atom. The zero-order valence-electron chi connectivity index (χ0n) is 15.6. The van der Waals surface area contributed by atoms with E-state index in [-0.39, 0.29) is 16.7 Å². The first-order valence-electron chi connectivity index (χ1n) is 9.64. The zero-order chi connectivity index (χ0) is 20.0. The minimum atomic E-state index is -3.74. The SMILES string of the molecule is N#CC1CCCC(c2nc3c(cnc4c3ccn4S(=O)(=O)c3ccccc3)[nH]2)C1. The molecule has 1 saturated carbocycles. The van der Waals surface area contributed by atoms with Crippen LogP contribution in [0, 0.1) is 17.2 Å². The van der Waals surface area contributed by atoms with Gasteiger partial charge in [-0.3, -0.25) is 0 Å². The molecule has 0 bridgehead atoms. The number of nitrogens with one attached hydrogen (secondary N) is 1. The molecule has 1 aliphatic carbocycles. The molecule has 0 radical (unpaired) electrons. The van der Waals surface area contributed by atoms with E-state index in [1.54, 1.807) is 42.6 Å². The molecule has 0 spiro atoms. The Kier molecular flexibility index (Phi) is 4.14. The van der Waals surface area contributed by atoms with Crippen LogP contribution < -0.4 is 0 Å². The van der Waals surface area contributed by atoms with Crippen LogP contribution >= 0.6 is 0 Å². The molecule has 0 aliphatic heterocycles. The largest absolute Gasteiger partial charge is 0.340 e. The summed E-state index contributed by atoms with van der Waals surface area (Å²) in [6, 6.07) is 12.4. The zero-order valence-corrected chi connectivity index (χ0v) is 16.4. The molecule has 0 amide bonds. The third-order valence-electron chi connectivity index (χ3n) is 5.69. The molecule has 7 nitrogen and oxygen atoms in total. The van der Waals surface area contributed by atoms with Crippen LogP contribution in [0.5, 0.6) is 0 Å². The summed E-state index contributed by atoms with van der Waals surface area (Å²) in [5.74, 6) is 1.14. The minimum absolute atomic E-state index is 0.0669. The first-order chi connectivity index (χ1) is 14.1. The number of nitriles is 1. The highest BCUT2D eigenvalue weighted by molar-refractivity contribution is 7.90. The molecule has 2 unspecified atom stereocenters. The first-order valence-corrected chi connectivity index (χ1v) is 11.1. The Hall–Kier alpha value is -3.18. The second-order valence-electron chi connectivity index (χ2n) is 7.50. The highest BCUT2D eigenvalue weighted by Gasteiger charge is 2.26. The predicted octanol–water partition coefficient (Wildman–Crippen LogP) is 3.95. The minimum Gasteiger partial charge on any atom is -0.340 e. The Morgan fingerprint density at radius 1 is 1.17 bits per heavy atom. The highest BCUT2D eigenvalue weighted by Crippen LogP contribution is 2.36. The quantitative estimate of drug-likeness (QED) is 0.556. The lowest BCUT2D eigenvalue weighted by atomic mass is 9.82. The van der Waals surface area contributed by atoms with Gasteiger partial charge in [0.25, 0.3) is 10.0 Å². The standard InChI is InChI=1S/C21H19N5O2S/c22-12-14-5-4-6-15(11-14)20-24-18-13-23-21-17(19(18)25-20)9-10-26(21)29(27,28)16-7-2-1-3-8-16/h1-3,7-10,13-15H,4-6,11H2,(H,24,25). The van der Waals surface area contributed by atoms with Gasteiger partial charge in [0.05, 0.1) is 22.7 Å². The highest BCUT2D eigenvalue weighted by atomic mass is 32.2. The molecule has 3 heterocycles. The number of fused-ring (bicyclic) bond motifs is 3. The van der Waals surface area contributed by atoms with Gasteiger partial charge in [-0.05, 0) is 37.5 Å². The smallest absolute Gasteiger partial charge is 0.269 e. The van der Waals surface area contributed by atoms with Gasteiger partial charge in [-0.25, -0.2) is 22.4 Å². The summed E-state index contributed by atoms with van der Waals surface area (Å²) in [5.41, 5.74) is 1.85. The van der Waals surface area contributed by atoms with Crippen LogP contribution in [0.2, 0.25) is 0 Å². The van der Waals surface area contributed by atoms with Crippen molar-refractivity contribution in [1.82, 2.24) is 18.9 Å². The summed E-state index contributed by atoms with van der Waals surface area (Å²) in [6.07, 6.45) is 6.92. The van der Waals surface area contributed by atoms with Crippen molar-refractivity contribution < 1.29 is 8.42 Å². The summed E-state index contributed by atoms with van der Waals surface area (Å²) in [6.45, 7) is 0. The lowest BCUT2D eigenvalue weighted by Gasteiger charge is -2.23. The van der Waals surface area contributed by atoms with E-state index in [0.29, 0.717) is 16.6 Å². The lowest BCUT2D eigenvalue weighted by Crippen LogP contribution is -2.13. The second kappa shape index (κ2) is 6.71. The van der Waals surface area contributed by atoms with Gasteiger partial charge in [-0.1, -0.05) is 24.6 Å². The summed E-state index contributed by atoms with van der Waals surface area (Å²) in [5, 5.41) is 9.95. The fraction of sp³-hybridized carbons (Fsp3) is 0.286. The van der Waals surface area contributed by atoms with Crippen LogP contribution in [0.15, 0.2) is 53.7 Å². The summed E-state index contributed by atoms with van der Waals surface area (Å²) in [4.78, 5) is 12.8. The molecular weight excluding hydrogens is 386 g/mol. The molecule has 8 heteroatoms. The Bertz CT molecular complexity index is 1350. The summed E-state index contributed by atoms with van der Waals surface area (Å²) < 4.78 is 27.3. The van der Waals surface area contributed by atoms with E-state index < -0.39 is 10.0 Å². The van der Waals surface area contributed by atoms with Gasteiger partial charge in [0.2, 0.25) is 0 Å². The van der Waals surface area contributed by atoms with Crippen LogP contribution in [-0.2, 0) is 10.0 Å². The van der Waals surface area contributed by atoms with Gasteiger partial charge in [0, 0.05) is 23.4 Å². The van der Waals surface area contributed by atoms with E-state index >= 15 is 0 Å². The number of aromatic amines is 1. The number of rotatable bonds is 3. The summed E-state index contributed by atoms with van der Waals surface area (Å²) >= 11 is 0. The maximum Gasteiger partial charge on any atom is 0.269 e. The molecule has 4 aromatic rings. The van der Waals surface area contributed by atoms with Crippen molar-refractivity contribution in [2.45, 2.75) is 36.5 Å². The van der Waals surface area contributed by atoms with Crippen molar-refractivity contribution in [3.05, 3.63) is 54.6 Å². The van der Waals surface area contributed by atoms with E-state index in [1.807, 2.05) is 0 Å². The molecule has 1 N–H and O–H groups in total. The van der Waals surface area contributed by atoms with E-state index in [4.69, 9.17) is 4.98 Å². The fourth-order valence-corrected chi connectivity index (χ4v) is 5.52. The number of pyridine rings is 1. The van der Waals surface area contributed by atoms with Gasteiger partial charge < -0.3 is 4.98 Å². The number of hydrogen-bond acceptors (Lipinski definition) is 5. The number of nitrogens with zero attached hydrogens (tertiary/aromatic N) is 4. The van der Waals surface area contributed by atoms with Crippen LogP contribution in [0.3, 0.4) is 0 Å². The molecule has 2 atom stereocenters. The Labute approximate surface area is 168 Å². The predicted molar refractivity (Wildman–Crippen MR) is 109 cm³/mol. The third-order valence-corrected chi connectivity index (χ3v) is 7.37. The molecule has 29 heavy (non-hydrogen) atoms. The second-order valence-corrected chi connectivity index (χ2v) is 9.31. The van der Waals surface area contributed by atoms with E-state index in [2.05, 4.69) is 16.0 Å². The maximum atomic E-state index is 13.0. The molecular formula is C21H19N5O2S. The van der Waals surface area contributed by atoms with Crippen molar-refractivity contribution in [3.63, 3.8) is 0 Å². The van der Waals surface area contributed by atoms with Crippen molar-refractivity contribution in [1.29, 1.82) is 5.26 Å². The van der Waals surface area contributed by atoms with E-state index in [1.165, 1.54) is 10.2 Å². The van der Waals surface area contributed by atoms with Gasteiger partial charge in [-0.2, -0.15) is 5.26 Å². The van der Waals surface area contributed by atoms with E-state index in [0.717, 1.165) is 37.0 Å². The normalized spacial score (nSPS) is 20.1. The van der Waals surface area contributed by atoms with Crippen molar-refractivity contribution in [2.24, 2.45) is 5.92 Å². The molecule has 1 aromatic carbocycles. The number of imidazole rings is 1. The van der Waals surface area contributed by atoms with Crippen LogP contribution in [0.4, 0.5) is 0 Å². The lowest BCUT2D eigenvalue weighted by molar-refractivity contribution is 0.370. The molecule has 3 aromatic heterocycles. The van der Waals surface area contributed by atoms with Crippen molar-refractivity contribution in [3.8, 4) is 6.07 Å². The topological polar surface area (TPSA) is 104 Å². The number of aromatic nitrogens is 4. The molecule has 146 valence electrons. The molecule has 5 rings (SSSR count).